The highest BCUT2D eigenvalue weighted by atomic mass is 35.5. The van der Waals surface area contributed by atoms with Crippen molar-refractivity contribution in [3.8, 4) is 0 Å². The number of halogens is 2. The van der Waals surface area contributed by atoms with Crippen molar-refractivity contribution >= 4 is 50.7 Å². The Labute approximate surface area is 253 Å². The number of rotatable bonds is 13. The van der Waals surface area contributed by atoms with Crippen LogP contribution in [-0.4, -0.2) is 44.3 Å². The fourth-order valence-corrected chi connectivity index (χ4v) is 6.29. The van der Waals surface area contributed by atoms with Crippen molar-refractivity contribution in [3.05, 3.63) is 93.5 Å². The van der Waals surface area contributed by atoms with Crippen LogP contribution in [0.4, 0.5) is 5.69 Å². The summed E-state index contributed by atoms with van der Waals surface area (Å²) >= 11 is 12.9. The van der Waals surface area contributed by atoms with E-state index in [9.17, 15) is 18.0 Å². The summed E-state index contributed by atoms with van der Waals surface area (Å²) in [4.78, 5) is 28.9. The number of nitrogens with one attached hydrogen (secondary N) is 1. The fourth-order valence-electron chi connectivity index (χ4n) is 4.36. The molecule has 3 aromatic rings. The van der Waals surface area contributed by atoms with Crippen molar-refractivity contribution < 1.29 is 18.0 Å². The van der Waals surface area contributed by atoms with Gasteiger partial charge in [0.05, 0.1) is 10.6 Å². The van der Waals surface area contributed by atoms with Crippen LogP contribution in [0.5, 0.6) is 0 Å². The molecule has 0 aliphatic rings. The van der Waals surface area contributed by atoms with Crippen LogP contribution in [-0.2, 0) is 26.2 Å². The summed E-state index contributed by atoms with van der Waals surface area (Å²) in [6.07, 6.45) is 2.00. The number of aryl methyl sites for hydroxylation is 2. The Morgan fingerprint density at radius 1 is 0.878 bits per heavy atom. The van der Waals surface area contributed by atoms with Crippen LogP contribution in [0.2, 0.25) is 10.0 Å². The molecular formula is C31H37Cl2N3O4S. The van der Waals surface area contributed by atoms with Crippen LogP contribution in [0.3, 0.4) is 0 Å². The van der Waals surface area contributed by atoms with Crippen LogP contribution >= 0.6 is 23.2 Å². The van der Waals surface area contributed by atoms with Gasteiger partial charge in [0.1, 0.15) is 12.6 Å². The molecule has 1 N–H and O–H groups in total. The predicted molar refractivity (Wildman–Crippen MR) is 166 cm³/mol. The molecule has 0 saturated heterocycles. The Kier molecular flexibility index (Phi) is 11.6. The largest absolute Gasteiger partial charge is 0.354 e. The number of nitrogens with zero attached hydrogens (tertiary/aromatic N) is 2. The van der Waals surface area contributed by atoms with E-state index in [1.807, 2.05) is 20.8 Å². The smallest absolute Gasteiger partial charge is 0.264 e. The summed E-state index contributed by atoms with van der Waals surface area (Å²) in [7, 11) is -4.14. The van der Waals surface area contributed by atoms with Gasteiger partial charge < -0.3 is 10.2 Å². The highest BCUT2D eigenvalue weighted by Crippen LogP contribution is 2.29. The lowest BCUT2D eigenvalue weighted by Crippen LogP contribution is -2.52. The zero-order chi connectivity index (χ0) is 30.2. The van der Waals surface area contributed by atoms with Crippen LogP contribution in [0.25, 0.3) is 0 Å². The minimum atomic E-state index is -4.14. The molecular weight excluding hydrogens is 581 g/mol. The summed E-state index contributed by atoms with van der Waals surface area (Å²) in [6.45, 7) is 7.46. The maximum atomic E-state index is 14.1. The summed E-state index contributed by atoms with van der Waals surface area (Å²) in [5.41, 5.74) is 2.66. The number of sulfonamides is 1. The summed E-state index contributed by atoms with van der Waals surface area (Å²) in [6, 6.07) is 17.5. The predicted octanol–water partition coefficient (Wildman–Crippen LogP) is 6.53. The van der Waals surface area contributed by atoms with E-state index in [2.05, 4.69) is 5.32 Å². The van der Waals surface area contributed by atoms with E-state index in [0.717, 1.165) is 28.3 Å². The third-order valence-electron chi connectivity index (χ3n) is 6.82. The average Bonchev–Trinajstić information content (AvgIpc) is 2.94. The van der Waals surface area contributed by atoms with Crippen LogP contribution in [0.1, 0.15) is 49.8 Å². The third kappa shape index (κ3) is 8.24. The molecule has 0 unspecified atom stereocenters. The molecule has 0 radical (unpaired) electrons. The normalized spacial score (nSPS) is 12.0. The number of unbranched alkanes of at least 4 members (excludes halogenated alkanes) is 1. The third-order valence-corrected chi connectivity index (χ3v) is 9.31. The first-order chi connectivity index (χ1) is 19.5. The molecule has 10 heteroatoms. The molecule has 0 aliphatic heterocycles. The molecule has 0 saturated carbocycles. The number of anilines is 1. The van der Waals surface area contributed by atoms with Crippen LogP contribution in [0, 0.1) is 13.8 Å². The second-order valence-electron chi connectivity index (χ2n) is 9.95. The molecule has 0 aliphatic carbocycles. The number of hydrogen-bond donors (Lipinski definition) is 1. The SMILES string of the molecule is CCCCNC(=O)[C@@H](CC)N(Cc1c(Cl)cccc1Cl)C(=O)CN(c1ccc(C)cc1)S(=O)(=O)c1ccc(C)cc1. The van der Waals surface area contributed by atoms with Crippen molar-refractivity contribution in [2.75, 3.05) is 17.4 Å². The number of amides is 2. The van der Waals surface area contributed by atoms with Crippen LogP contribution in [0.15, 0.2) is 71.6 Å². The lowest BCUT2D eigenvalue weighted by Gasteiger charge is -2.33. The second kappa shape index (κ2) is 14.7. The Morgan fingerprint density at radius 2 is 1.44 bits per heavy atom. The maximum Gasteiger partial charge on any atom is 0.264 e. The van der Waals surface area contributed by atoms with Crippen molar-refractivity contribution in [2.24, 2.45) is 0 Å². The summed E-state index contributed by atoms with van der Waals surface area (Å²) in [5.74, 6) is -0.879. The van der Waals surface area contributed by atoms with E-state index in [4.69, 9.17) is 23.2 Å². The molecule has 0 spiro atoms. The average molecular weight is 619 g/mol. The summed E-state index contributed by atoms with van der Waals surface area (Å²) in [5, 5.41) is 3.60. The van der Waals surface area contributed by atoms with Crippen LogP contribution < -0.4 is 9.62 Å². The molecule has 0 heterocycles. The highest BCUT2D eigenvalue weighted by molar-refractivity contribution is 7.92. The zero-order valence-corrected chi connectivity index (χ0v) is 26.2. The molecule has 1 atom stereocenters. The lowest BCUT2D eigenvalue weighted by molar-refractivity contribution is -0.140. The first kappa shape index (κ1) is 32.4. The molecule has 2 amide bonds. The minimum Gasteiger partial charge on any atom is -0.354 e. The second-order valence-corrected chi connectivity index (χ2v) is 12.6. The summed E-state index contributed by atoms with van der Waals surface area (Å²) < 4.78 is 29.0. The number of benzene rings is 3. The van der Waals surface area contributed by atoms with Gasteiger partial charge in [0.15, 0.2) is 0 Å². The maximum absolute atomic E-state index is 14.1. The van der Waals surface area contributed by atoms with Gasteiger partial charge in [-0.1, -0.05) is 84.9 Å². The van der Waals surface area contributed by atoms with E-state index >= 15 is 0 Å². The number of carbonyl (C=O) groups excluding carboxylic acids is 2. The van der Waals surface area contributed by atoms with Gasteiger partial charge in [-0.15, -0.1) is 0 Å². The van der Waals surface area contributed by atoms with Crippen molar-refractivity contribution in [1.82, 2.24) is 10.2 Å². The van der Waals surface area contributed by atoms with Gasteiger partial charge in [-0.3, -0.25) is 13.9 Å². The molecule has 7 nitrogen and oxygen atoms in total. The van der Waals surface area contributed by atoms with Gasteiger partial charge >= 0.3 is 0 Å². The van der Waals surface area contributed by atoms with E-state index in [0.29, 0.717) is 34.3 Å². The first-order valence-corrected chi connectivity index (χ1v) is 15.8. The van der Waals surface area contributed by atoms with E-state index in [-0.39, 0.29) is 17.3 Å². The minimum absolute atomic E-state index is 0.0570. The van der Waals surface area contributed by atoms with Crippen molar-refractivity contribution in [2.45, 2.75) is 64.4 Å². The van der Waals surface area contributed by atoms with Gasteiger partial charge in [-0.25, -0.2) is 8.42 Å². The van der Waals surface area contributed by atoms with Crippen molar-refractivity contribution in [1.29, 1.82) is 0 Å². The van der Waals surface area contributed by atoms with Crippen molar-refractivity contribution in [3.63, 3.8) is 0 Å². The van der Waals surface area contributed by atoms with Gasteiger partial charge in [0, 0.05) is 28.7 Å². The Balaban J connectivity index is 2.07. The fraction of sp³-hybridized carbons (Fsp3) is 0.355. The molecule has 0 bridgehead atoms. The topological polar surface area (TPSA) is 86.8 Å². The molecule has 0 aromatic heterocycles. The van der Waals surface area contributed by atoms with E-state index in [1.54, 1.807) is 61.5 Å². The Hall–Kier alpha value is -3.07. The molecule has 3 aromatic carbocycles. The van der Waals surface area contributed by atoms with E-state index in [1.165, 1.54) is 17.0 Å². The quantitative estimate of drug-likeness (QED) is 0.221. The number of carbonyl (C=O) groups is 2. The number of hydrogen-bond acceptors (Lipinski definition) is 4. The standard InChI is InChI=1S/C31H37Cl2N3O4S/c1-5-7-19-34-31(38)29(6-2)35(20-26-27(32)9-8-10-28(26)33)30(37)21-36(24-15-11-22(3)12-16-24)41(39,40)25-17-13-23(4)14-18-25/h8-18,29H,5-7,19-21H2,1-4H3,(H,34,38)/t29-/m1/s1. The highest BCUT2D eigenvalue weighted by Gasteiger charge is 2.34. The Morgan fingerprint density at radius 3 is 1.98 bits per heavy atom. The van der Waals surface area contributed by atoms with Gasteiger partial charge in [-0.05, 0) is 63.1 Å². The zero-order valence-electron chi connectivity index (χ0n) is 23.9. The van der Waals surface area contributed by atoms with Gasteiger partial charge in [-0.2, -0.15) is 0 Å². The van der Waals surface area contributed by atoms with Gasteiger partial charge in [0.25, 0.3) is 10.0 Å². The van der Waals surface area contributed by atoms with Gasteiger partial charge in [0.2, 0.25) is 11.8 Å². The monoisotopic (exact) mass is 617 g/mol. The Bertz CT molecular complexity index is 1420. The van der Waals surface area contributed by atoms with E-state index < -0.39 is 28.5 Å². The molecule has 41 heavy (non-hydrogen) atoms. The lowest BCUT2D eigenvalue weighted by atomic mass is 10.1. The molecule has 3 rings (SSSR count). The molecule has 220 valence electrons. The molecule has 0 fully saturated rings. The first-order valence-electron chi connectivity index (χ1n) is 13.7.